The highest BCUT2D eigenvalue weighted by molar-refractivity contribution is 6.12. The third-order valence-corrected chi connectivity index (χ3v) is 5.25. The Morgan fingerprint density at radius 2 is 1.64 bits per heavy atom. The number of nitrogens with one attached hydrogen (secondary N) is 1. The molecule has 0 spiro atoms. The van der Waals surface area contributed by atoms with E-state index in [0.29, 0.717) is 61.4 Å². The minimum Gasteiger partial charge on any atom is -0.478 e. The fraction of sp³-hybridized carbons (Fsp3) is 0.292. The molecule has 12 heteroatoms. The first kappa shape index (κ1) is 26.0. The number of aliphatic carboxylic acids is 2. The Bertz CT molecular complexity index is 1200. The van der Waals surface area contributed by atoms with Gasteiger partial charge in [0, 0.05) is 55.8 Å². The van der Waals surface area contributed by atoms with E-state index in [0.717, 1.165) is 12.2 Å². The number of nitrogens with zero attached hydrogens (tertiary/aromatic N) is 4. The Morgan fingerprint density at radius 1 is 0.944 bits per heavy atom. The number of rotatable bonds is 13. The maximum atomic E-state index is 12.1. The molecular weight excluding hydrogens is 470 g/mol. The zero-order valence-corrected chi connectivity index (χ0v) is 19.3. The lowest BCUT2D eigenvalue weighted by Crippen LogP contribution is -2.30. The van der Waals surface area contributed by atoms with Gasteiger partial charge in [-0.1, -0.05) is 6.42 Å². The Hall–Kier alpha value is -4.61. The fourth-order valence-electron chi connectivity index (χ4n) is 3.51. The van der Waals surface area contributed by atoms with E-state index in [1.54, 1.807) is 12.1 Å². The van der Waals surface area contributed by atoms with Gasteiger partial charge in [0.15, 0.2) is 11.5 Å². The highest BCUT2D eigenvalue weighted by Crippen LogP contribution is 2.16. The van der Waals surface area contributed by atoms with Crippen molar-refractivity contribution in [1.29, 1.82) is 0 Å². The molecule has 0 radical (unpaired) electrons. The molecule has 1 aliphatic rings. The van der Waals surface area contributed by atoms with Crippen LogP contribution in [0.3, 0.4) is 0 Å². The van der Waals surface area contributed by atoms with Crippen LogP contribution in [0.4, 0.5) is 0 Å². The van der Waals surface area contributed by atoms with Gasteiger partial charge in [-0.25, -0.2) is 19.1 Å². The van der Waals surface area contributed by atoms with Crippen LogP contribution in [-0.2, 0) is 30.4 Å². The zero-order chi connectivity index (χ0) is 26.1. The third-order valence-electron chi connectivity index (χ3n) is 5.25. The van der Waals surface area contributed by atoms with Gasteiger partial charge in [-0.3, -0.25) is 19.3 Å². The van der Waals surface area contributed by atoms with Gasteiger partial charge in [0.2, 0.25) is 5.91 Å². The molecule has 2 aromatic rings. The van der Waals surface area contributed by atoms with Gasteiger partial charge in [-0.15, -0.1) is 0 Å². The van der Waals surface area contributed by atoms with Crippen LogP contribution in [-0.4, -0.2) is 72.5 Å². The van der Waals surface area contributed by atoms with Crippen molar-refractivity contribution < 1.29 is 34.2 Å². The summed E-state index contributed by atoms with van der Waals surface area (Å²) in [4.78, 5) is 62.5. The highest BCUT2D eigenvalue weighted by atomic mass is 16.4. The lowest BCUT2D eigenvalue weighted by Gasteiger charge is -2.13. The topological polar surface area (TPSA) is 171 Å². The molecule has 36 heavy (non-hydrogen) atoms. The molecule has 0 aromatic carbocycles. The van der Waals surface area contributed by atoms with Crippen LogP contribution in [0.5, 0.6) is 0 Å². The van der Waals surface area contributed by atoms with Gasteiger partial charge >= 0.3 is 11.9 Å². The second kappa shape index (κ2) is 12.2. The largest absolute Gasteiger partial charge is 0.478 e. The molecule has 0 saturated carbocycles. The van der Waals surface area contributed by atoms with Gasteiger partial charge in [0.25, 0.3) is 11.8 Å². The number of carboxylic acids is 2. The average Bonchev–Trinajstić information content (AvgIpc) is 3.39. The van der Waals surface area contributed by atoms with E-state index in [4.69, 9.17) is 10.2 Å². The second-order valence-electron chi connectivity index (χ2n) is 7.89. The van der Waals surface area contributed by atoms with Gasteiger partial charge in [0.1, 0.15) is 0 Å². The van der Waals surface area contributed by atoms with Crippen LogP contribution in [0.15, 0.2) is 36.4 Å². The summed E-state index contributed by atoms with van der Waals surface area (Å²) in [7, 11) is 0. The number of aromatic nitrogens is 3. The molecule has 2 aromatic heterocycles. The minimum atomic E-state index is -1.13. The van der Waals surface area contributed by atoms with Crippen molar-refractivity contribution in [3.8, 4) is 0 Å². The smallest absolute Gasteiger partial charge is 0.328 e. The summed E-state index contributed by atoms with van der Waals surface area (Å²) in [5, 5.41) is 25.0. The molecule has 0 fully saturated rings. The van der Waals surface area contributed by atoms with Crippen molar-refractivity contribution in [2.75, 3.05) is 13.1 Å². The molecule has 3 N–H and O–H groups in total. The quantitative estimate of drug-likeness (QED) is 0.209. The van der Waals surface area contributed by atoms with Crippen LogP contribution >= 0.6 is 0 Å². The van der Waals surface area contributed by atoms with E-state index in [-0.39, 0.29) is 24.3 Å². The molecule has 12 nitrogen and oxygen atoms in total. The number of fused-ring (bicyclic) bond motifs is 1. The van der Waals surface area contributed by atoms with E-state index in [2.05, 4.69) is 15.4 Å². The maximum absolute atomic E-state index is 12.1. The van der Waals surface area contributed by atoms with Crippen LogP contribution in [0, 0.1) is 0 Å². The molecule has 1 aliphatic heterocycles. The Kier molecular flexibility index (Phi) is 8.81. The number of hydrogen-bond donors (Lipinski definition) is 3. The number of carbonyl (C=O) groups is 5. The molecule has 3 rings (SSSR count). The monoisotopic (exact) mass is 495 g/mol. The van der Waals surface area contributed by atoms with Crippen molar-refractivity contribution in [1.82, 2.24) is 24.8 Å². The first-order valence-electron chi connectivity index (χ1n) is 11.3. The summed E-state index contributed by atoms with van der Waals surface area (Å²) in [5.74, 6) is -2.63. The normalized spacial score (nSPS) is 13.5. The molecule has 0 atom stereocenters. The fourth-order valence-corrected chi connectivity index (χ4v) is 3.51. The molecule has 188 valence electrons. The van der Waals surface area contributed by atoms with E-state index in [9.17, 15) is 24.0 Å². The molecule has 3 amide bonds. The standard InChI is InChI=1S/C24H25N5O7/c30-19(4-2-1-3-15-28-20(31)9-10-21(28)32)25-14-13-18-26-24-16(6-11-22(33)34)5-7-17(29(24)27-18)8-12-23(35)36/h5-12H,1-4,13-15H2,(H,25,30)(H,33,34)(H,35,36). The van der Waals surface area contributed by atoms with Crippen LogP contribution in [0.25, 0.3) is 17.8 Å². The summed E-state index contributed by atoms with van der Waals surface area (Å²) in [6.45, 7) is 0.609. The number of unbranched alkanes of at least 4 members (excludes halogenated alkanes) is 2. The Labute approximate surface area is 205 Å². The van der Waals surface area contributed by atoms with Gasteiger partial charge in [-0.2, -0.15) is 5.10 Å². The first-order chi connectivity index (χ1) is 17.2. The molecule has 3 heterocycles. The van der Waals surface area contributed by atoms with Crippen molar-refractivity contribution in [3.05, 3.63) is 53.5 Å². The SMILES string of the molecule is O=C(O)C=Cc1ccc(C=CC(=O)O)n2nc(CCNC(=O)CCCCCN3C(=O)C=CC3=O)nc12. The van der Waals surface area contributed by atoms with Crippen molar-refractivity contribution in [2.24, 2.45) is 0 Å². The number of hydrogen-bond acceptors (Lipinski definition) is 7. The van der Waals surface area contributed by atoms with E-state index < -0.39 is 11.9 Å². The summed E-state index contributed by atoms with van der Waals surface area (Å²) in [5.41, 5.74) is 1.28. The van der Waals surface area contributed by atoms with E-state index >= 15 is 0 Å². The Balaban J connectivity index is 1.51. The molecule has 0 unspecified atom stereocenters. The van der Waals surface area contributed by atoms with Crippen molar-refractivity contribution in [2.45, 2.75) is 32.1 Å². The van der Waals surface area contributed by atoms with Gasteiger partial charge in [-0.05, 0) is 37.1 Å². The van der Waals surface area contributed by atoms with Gasteiger partial charge < -0.3 is 15.5 Å². The summed E-state index contributed by atoms with van der Waals surface area (Å²) in [6.07, 6.45) is 9.67. The number of amides is 3. The van der Waals surface area contributed by atoms with Crippen LogP contribution < -0.4 is 5.32 Å². The number of carbonyl (C=O) groups excluding carboxylic acids is 3. The van der Waals surface area contributed by atoms with E-state index in [1.165, 1.54) is 33.7 Å². The zero-order valence-electron chi connectivity index (χ0n) is 19.3. The number of pyridine rings is 1. The second-order valence-corrected chi connectivity index (χ2v) is 7.89. The Morgan fingerprint density at radius 3 is 2.33 bits per heavy atom. The predicted octanol–water partition coefficient (Wildman–Crippen LogP) is 1.07. The van der Waals surface area contributed by atoms with Crippen LogP contribution in [0.2, 0.25) is 0 Å². The van der Waals surface area contributed by atoms with Gasteiger partial charge in [0.05, 0.1) is 5.69 Å². The molecular formula is C24H25N5O7. The predicted molar refractivity (Wildman–Crippen MR) is 127 cm³/mol. The maximum Gasteiger partial charge on any atom is 0.328 e. The third kappa shape index (κ3) is 7.19. The van der Waals surface area contributed by atoms with Crippen molar-refractivity contribution in [3.63, 3.8) is 0 Å². The molecule has 0 bridgehead atoms. The molecule has 0 aliphatic carbocycles. The average molecular weight is 495 g/mol. The lowest BCUT2D eigenvalue weighted by atomic mass is 10.2. The van der Waals surface area contributed by atoms with Crippen LogP contribution in [0.1, 0.15) is 42.8 Å². The number of carboxylic acid groups (broad SMARTS) is 2. The summed E-state index contributed by atoms with van der Waals surface area (Å²) in [6, 6.07) is 3.21. The first-order valence-corrected chi connectivity index (χ1v) is 11.3. The highest BCUT2D eigenvalue weighted by Gasteiger charge is 2.22. The minimum absolute atomic E-state index is 0.149. The molecule has 0 saturated heterocycles. The van der Waals surface area contributed by atoms with E-state index in [1.807, 2.05) is 0 Å². The lowest BCUT2D eigenvalue weighted by molar-refractivity contribution is -0.137. The number of imide groups is 1. The van der Waals surface area contributed by atoms with Crippen molar-refractivity contribution >= 4 is 47.5 Å². The summed E-state index contributed by atoms with van der Waals surface area (Å²) < 4.78 is 1.42. The summed E-state index contributed by atoms with van der Waals surface area (Å²) >= 11 is 0.